The monoisotopic (exact) mass is 390 g/mol. The summed E-state index contributed by atoms with van der Waals surface area (Å²) in [5.74, 6) is 2.44. The second-order valence-corrected chi connectivity index (χ2v) is 10.5. The Balaban J connectivity index is 1.41. The van der Waals surface area contributed by atoms with Crippen LogP contribution in [0.4, 0.5) is 0 Å². The second kappa shape index (κ2) is 6.82. The molecule has 0 aromatic carbocycles. The van der Waals surface area contributed by atoms with E-state index >= 15 is 0 Å². The number of nitrogens with one attached hydrogen (secondary N) is 1. The fourth-order valence-corrected chi connectivity index (χ4v) is 7.61. The molecular formula is C26H34N2O. The van der Waals surface area contributed by atoms with E-state index in [1.54, 1.807) is 18.1 Å². The summed E-state index contributed by atoms with van der Waals surface area (Å²) in [7, 11) is 0. The molecule has 3 nitrogen and oxygen atoms in total. The minimum absolute atomic E-state index is 0.112. The normalized spacial score (nSPS) is 40.8. The lowest BCUT2D eigenvalue weighted by molar-refractivity contribution is -0.120. The molecule has 6 atom stereocenters. The fraction of sp³-hybridized carbons (Fsp3) is 0.615. The van der Waals surface area contributed by atoms with Gasteiger partial charge in [0, 0.05) is 25.4 Å². The summed E-state index contributed by atoms with van der Waals surface area (Å²) in [5.41, 5.74) is 5.12. The smallest absolute Gasteiger partial charge is 0.217 e. The molecule has 4 aliphatic rings. The highest BCUT2D eigenvalue weighted by molar-refractivity contribution is 5.73. The Hall–Kier alpha value is -1.90. The molecule has 2 fully saturated rings. The Bertz CT molecular complexity index is 872. The van der Waals surface area contributed by atoms with Crippen LogP contribution >= 0.6 is 0 Å². The second-order valence-electron chi connectivity index (χ2n) is 10.5. The van der Waals surface area contributed by atoms with Crippen LogP contribution in [0.25, 0.3) is 5.57 Å². The average molecular weight is 391 g/mol. The zero-order valence-corrected chi connectivity index (χ0v) is 18.1. The maximum absolute atomic E-state index is 11.5. The van der Waals surface area contributed by atoms with E-state index in [1.807, 2.05) is 6.20 Å². The van der Waals surface area contributed by atoms with Crippen LogP contribution in [0.5, 0.6) is 0 Å². The van der Waals surface area contributed by atoms with Crippen molar-refractivity contribution in [2.75, 3.05) is 0 Å². The van der Waals surface area contributed by atoms with Crippen molar-refractivity contribution < 1.29 is 4.79 Å². The molecule has 154 valence electrons. The van der Waals surface area contributed by atoms with E-state index in [4.69, 9.17) is 0 Å². The average Bonchev–Trinajstić information content (AvgIpc) is 3.06. The number of carbonyl (C=O) groups excluding carboxylic acids is 1. The molecule has 1 heterocycles. The summed E-state index contributed by atoms with van der Waals surface area (Å²) in [6.45, 7) is 6.70. The highest BCUT2D eigenvalue weighted by atomic mass is 16.1. The van der Waals surface area contributed by atoms with E-state index in [0.717, 1.165) is 30.6 Å². The molecule has 0 spiro atoms. The molecule has 5 rings (SSSR count). The predicted molar refractivity (Wildman–Crippen MR) is 117 cm³/mol. The van der Waals surface area contributed by atoms with Gasteiger partial charge in [-0.25, -0.2) is 0 Å². The van der Waals surface area contributed by atoms with Crippen molar-refractivity contribution in [2.45, 2.75) is 71.8 Å². The third-order valence-corrected chi connectivity index (χ3v) is 9.06. The zero-order valence-electron chi connectivity index (χ0n) is 18.1. The van der Waals surface area contributed by atoms with Gasteiger partial charge in [-0.2, -0.15) is 0 Å². The van der Waals surface area contributed by atoms with E-state index in [0.29, 0.717) is 16.9 Å². The molecule has 1 aromatic heterocycles. The Morgan fingerprint density at radius 1 is 1.10 bits per heavy atom. The minimum atomic E-state index is 0.112. The largest absolute Gasteiger partial charge is 0.353 e. The van der Waals surface area contributed by atoms with Gasteiger partial charge in [-0.3, -0.25) is 9.78 Å². The van der Waals surface area contributed by atoms with Crippen molar-refractivity contribution in [1.82, 2.24) is 10.3 Å². The lowest BCUT2D eigenvalue weighted by atomic mass is 9.47. The molecule has 1 N–H and O–H groups in total. The molecule has 0 aliphatic heterocycles. The molecule has 3 heteroatoms. The molecule has 3 unspecified atom stereocenters. The highest BCUT2D eigenvalue weighted by Gasteiger charge is 2.56. The third-order valence-electron chi connectivity index (χ3n) is 9.06. The summed E-state index contributed by atoms with van der Waals surface area (Å²) >= 11 is 0. The van der Waals surface area contributed by atoms with Gasteiger partial charge in [0.1, 0.15) is 0 Å². The van der Waals surface area contributed by atoms with Gasteiger partial charge in [-0.1, -0.05) is 37.6 Å². The molecule has 4 aliphatic carbocycles. The molecule has 0 bridgehead atoms. The first-order valence-corrected chi connectivity index (χ1v) is 11.5. The summed E-state index contributed by atoms with van der Waals surface area (Å²) in [6, 6.07) is 4.65. The standard InChI is InChI=1S/C26H34N2O/c1-17(29)28-20-10-12-25(2)19(15-20)6-7-21-23-9-8-22(18-5-4-14-27-16-18)26(23,3)13-11-24(21)25/h4-6,8,14,16,20-21,23-24H,7,9-13,15H2,1-3H3,(H,28,29)/t20-,21?,23?,24?,25+,26-/m1/s1. The summed E-state index contributed by atoms with van der Waals surface area (Å²) in [6.07, 6.45) is 17.5. The first-order valence-electron chi connectivity index (χ1n) is 11.5. The van der Waals surface area contributed by atoms with Crippen LogP contribution in [0, 0.1) is 28.6 Å². The van der Waals surface area contributed by atoms with Crippen LogP contribution in [0.15, 0.2) is 42.3 Å². The Morgan fingerprint density at radius 2 is 1.93 bits per heavy atom. The lowest BCUT2D eigenvalue weighted by Gasteiger charge is -2.58. The van der Waals surface area contributed by atoms with Gasteiger partial charge >= 0.3 is 0 Å². The summed E-state index contributed by atoms with van der Waals surface area (Å²) in [5, 5.41) is 3.18. The van der Waals surface area contributed by atoms with Crippen LogP contribution in [0.3, 0.4) is 0 Å². The van der Waals surface area contributed by atoms with Crippen molar-refractivity contribution in [3.63, 3.8) is 0 Å². The van der Waals surface area contributed by atoms with Crippen molar-refractivity contribution in [3.8, 4) is 0 Å². The van der Waals surface area contributed by atoms with Crippen LogP contribution in [0.1, 0.15) is 71.3 Å². The fourth-order valence-electron chi connectivity index (χ4n) is 7.61. The summed E-state index contributed by atoms with van der Waals surface area (Å²) < 4.78 is 0. The number of hydrogen-bond donors (Lipinski definition) is 1. The maximum Gasteiger partial charge on any atom is 0.217 e. The quantitative estimate of drug-likeness (QED) is 0.674. The van der Waals surface area contributed by atoms with E-state index in [1.165, 1.54) is 37.7 Å². The molecule has 1 amide bonds. The van der Waals surface area contributed by atoms with Gasteiger partial charge in [0.25, 0.3) is 0 Å². The van der Waals surface area contributed by atoms with Gasteiger partial charge in [0.05, 0.1) is 0 Å². The molecule has 2 saturated carbocycles. The number of carbonyl (C=O) groups is 1. The number of hydrogen-bond acceptors (Lipinski definition) is 2. The number of rotatable bonds is 2. The molecular weight excluding hydrogens is 356 g/mol. The molecule has 29 heavy (non-hydrogen) atoms. The predicted octanol–water partition coefficient (Wildman–Crippen LogP) is 5.54. The lowest BCUT2D eigenvalue weighted by Crippen LogP contribution is -2.51. The van der Waals surface area contributed by atoms with Gasteiger partial charge in [-0.05, 0) is 90.7 Å². The first kappa shape index (κ1) is 19.1. The third kappa shape index (κ3) is 2.92. The Morgan fingerprint density at radius 3 is 2.69 bits per heavy atom. The maximum atomic E-state index is 11.5. The van der Waals surface area contributed by atoms with E-state index in [9.17, 15) is 4.79 Å². The number of pyridine rings is 1. The van der Waals surface area contributed by atoms with Gasteiger partial charge in [0.15, 0.2) is 0 Å². The number of amides is 1. The summed E-state index contributed by atoms with van der Waals surface area (Å²) in [4.78, 5) is 15.9. The Kier molecular flexibility index (Phi) is 4.49. The van der Waals surface area contributed by atoms with Crippen molar-refractivity contribution >= 4 is 11.5 Å². The topological polar surface area (TPSA) is 42.0 Å². The number of allylic oxidation sites excluding steroid dienone is 3. The van der Waals surface area contributed by atoms with Crippen LogP contribution in [0.2, 0.25) is 0 Å². The molecule has 0 saturated heterocycles. The first-order chi connectivity index (χ1) is 13.9. The molecule has 0 radical (unpaired) electrons. The van der Waals surface area contributed by atoms with Crippen LogP contribution in [-0.4, -0.2) is 16.9 Å². The van der Waals surface area contributed by atoms with Crippen LogP contribution < -0.4 is 5.32 Å². The van der Waals surface area contributed by atoms with Gasteiger partial charge in [0.2, 0.25) is 5.91 Å². The van der Waals surface area contributed by atoms with Gasteiger partial charge in [-0.15, -0.1) is 0 Å². The molecule has 1 aromatic rings. The number of aromatic nitrogens is 1. The van der Waals surface area contributed by atoms with Crippen LogP contribution in [-0.2, 0) is 4.79 Å². The van der Waals surface area contributed by atoms with E-state index in [2.05, 4.69) is 54.6 Å². The zero-order chi connectivity index (χ0) is 20.2. The minimum Gasteiger partial charge on any atom is -0.353 e. The number of fused-ring (bicyclic) bond motifs is 5. The van der Waals surface area contributed by atoms with E-state index in [-0.39, 0.29) is 5.91 Å². The SMILES string of the molecule is CC(=O)N[C@@H]1CC[C@@]2(C)C(=CCC3C2CC[C@]2(C)C(c4cccnc4)=CCC32)C1. The van der Waals surface area contributed by atoms with Crippen molar-refractivity contribution in [1.29, 1.82) is 0 Å². The highest BCUT2D eigenvalue weighted by Crippen LogP contribution is 2.66. The number of nitrogens with zero attached hydrogens (tertiary/aromatic N) is 1. The van der Waals surface area contributed by atoms with Crippen molar-refractivity contribution in [3.05, 3.63) is 47.8 Å². The van der Waals surface area contributed by atoms with Crippen molar-refractivity contribution in [2.24, 2.45) is 28.6 Å². The van der Waals surface area contributed by atoms with E-state index < -0.39 is 0 Å². The van der Waals surface area contributed by atoms with Gasteiger partial charge < -0.3 is 5.32 Å². The Labute approximate surface area is 175 Å².